The van der Waals surface area contributed by atoms with Crippen molar-refractivity contribution in [1.82, 2.24) is 9.78 Å². The van der Waals surface area contributed by atoms with Gasteiger partial charge in [-0.1, -0.05) is 42.3 Å². The third-order valence-corrected chi connectivity index (χ3v) is 3.61. The van der Waals surface area contributed by atoms with Gasteiger partial charge in [0.25, 0.3) is 0 Å². The molecule has 1 atom stereocenters. The van der Waals surface area contributed by atoms with E-state index in [0.717, 1.165) is 24.2 Å². The van der Waals surface area contributed by atoms with Crippen LogP contribution in [0.1, 0.15) is 41.8 Å². The first-order valence-corrected chi connectivity index (χ1v) is 6.96. The zero-order chi connectivity index (χ0) is 14.0. The standard InChI is InChI=1S/C15H20ClN3/c1-4-7-19-15(13(16)9-18-19)14(17)12-6-5-10(2)8-11(12)3/h5-6,8-9,14H,4,7,17H2,1-3H3. The molecule has 4 heteroatoms. The molecule has 0 aliphatic rings. The fourth-order valence-electron chi connectivity index (χ4n) is 2.39. The van der Waals surface area contributed by atoms with Gasteiger partial charge >= 0.3 is 0 Å². The first kappa shape index (κ1) is 14.1. The van der Waals surface area contributed by atoms with Gasteiger partial charge in [0.05, 0.1) is 23.0 Å². The highest BCUT2D eigenvalue weighted by Crippen LogP contribution is 2.28. The summed E-state index contributed by atoms with van der Waals surface area (Å²) in [6.07, 6.45) is 2.68. The highest BCUT2D eigenvalue weighted by Gasteiger charge is 2.19. The van der Waals surface area contributed by atoms with Crippen molar-refractivity contribution in [2.24, 2.45) is 5.73 Å². The summed E-state index contributed by atoms with van der Waals surface area (Å²) in [6.45, 7) is 7.11. The van der Waals surface area contributed by atoms with Crippen LogP contribution in [0.2, 0.25) is 5.02 Å². The number of rotatable bonds is 4. The molecule has 0 fully saturated rings. The van der Waals surface area contributed by atoms with Crippen molar-refractivity contribution in [3.8, 4) is 0 Å². The molecule has 0 bridgehead atoms. The van der Waals surface area contributed by atoms with Crippen LogP contribution >= 0.6 is 11.6 Å². The van der Waals surface area contributed by atoms with Crippen molar-refractivity contribution < 1.29 is 0 Å². The maximum absolute atomic E-state index is 6.40. The van der Waals surface area contributed by atoms with Crippen LogP contribution in [-0.2, 0) is 6.54 Å². The highest BCUT2D eigenvalue weighted by molar-refractivity contribution is 6.31. The van der Waals surface area contributed by atoms with Crippen LogP contribution < -0.4 is 5.73 Å². The lowest BCUT2D eigenvalue weighted by Crippen LogP contribution is -2.19. The lowest BCUT2D eigenvalue weighted by Gasteiger charge is -2.17. The van der Waals surface area contributed by atoms with Gasteiger partial charge in [0, 0.05) is 6.54 Å². The van der Waals surface area contributed by atoms with Gasteiger partial charge < -0.3 is 5.73 Å². The first-order valence-electron chi connectivity index (χ1n) is 6.58. The maximum Gasteiger partial charge on any atom is 0.0837 e. The van der Waals surface area contributed by atoms with Crippen molar-refractivity contribution in [2.75, 3.05) is 0 Å². The van der Waals surface area contributed by atoms with E-state index in [4.69, 9.17) is 17.3 Å². The predicted octanol–water partition coefficient (Wildman–Crippen LogP) is 3.61. The number of nitrogens with zero attached hydrogens (tertiary/aromatic N) is 2. The van der Waals surface area contributed by atoms with E-state index in [1.54, 1.807) is 6.20 Å². The molecule has 0 saturated carbocycles. The number of aryl methyl sites for hydroxylation is 3. The SMILES string of the molecule is CCCn1ncc(Cl)c1C(N)c1ccc(C)cc1C. The van der Waals surface area contributed by atoms with Gasteiger partial charge in [-0.05, 0) is 31.4 Å². The fraction of sp³-hybridized carbons (Fsp3) is 0.400. The van der Waals surface area contributed by atoms with Gasteiger partial charge in [0.1, 0.15) is 0 Å². The molecule has 0 aliphatic carbocycles. The first-order chi connectivity index (χ1) is 9.04. The molecular formula is C15H20ClN3. The van der Waals surface area contributed by atoms with Gasteiger partial charge in [0.15, 0.2) is 0 Å². The summed E-state index contributed by atoms with van der Waals surface area (Å²) in [4.78, 5) is 0. The Morgan fingerprint density at radius 3 is 2.74 bits per heavy atom. The molecule has 2 rings (SSSR count). The van der Waals surface area contributed by atoms with Crippen molar-refractivity contribution >= 4 is 11.6 Å². The van der Waals surface area contributed by atoms with Crippen LogP contribution in [0.25, 0.3) is 0 Å². The normalized spacial score (nSPS) is 12.7. The summed E-state index contributed by atoms with van der Waals surface area (Å²) in [5, 5.41) is 4.94. The molecule has 1 unspecified atom stereocenters. The lowest BCUT2D eigenvalue weighted by atomic mass is 9.97. The average molecular weight is 278 g/mol. The Bertz CT molecular complexity index is 575. The quantitative estimate of drug-likeness (QED) is 0.928. The lowest BCUT2D eigenvalue weighted by molar-refractivity contribution is 0.559. The topological polar surface area (TPSA) is 43.8 Å². The van der Waals surface area contributed by atoms with E-state index >= 15 is 0 Å². The molecule has 0 saturated heterocycles. The smallest absolute Gasteiger partial charge is 0.0837 e. The minimum Gasteiger partial charge on any atom is -0.319 e. The molecule has 1 aromatic carbocycles. The molecule has 102 valence electrons. The second-order valence-electron chi connectivity index (χ2n) is 4.94. The van der Waals surface area contributed by atoms with Gasteiger partial charge in [-0.15, -0.1) is 0 Å². The monoisotopic (exact) mass is 277 g/mol. The van der Waals surface area contributed by atoms with E-state index in [1.165, 1.54) is 11.1 Å². The molecule has 2 aromatic rings. The molecule has 0 amide bonds. The van der Waals surface area contributed by atoms with E-state index in [-0.39, 0.29) is 6.04 Å². The third kappa shape index (κ3) is 2.82. The van der Waals surface area contributed by atoms with E-state index in [2.05, 4.69) is 44.1 Å². The second kappa shape index (κ2) is 5.76. The van der Waals surface area contributed by atoms with Crippen LogP contribution in [0.15, 0.2) is 24.4 Å². The molecular weight excluding hydrogens is 258 g/mol. The van der Waals surface area contributed by atoms with Crippen molar-refractivity contribution in [3.63, 3.8) is 0 Å². The van der Waals surface area contributed by atoms with E-state index < -0.39 is 0 Å². The van der Waals surface area contributed by atoms with Gasteiger partial charge in [-0.3, -0.25) is 4.68 Å². The molecule has 0 radical (unpaired) electrons. The number of benzene rings is 1. The van der Waals surface area contributed by atoms with Crippen LogP contribution in [0.4, 0.5) is 0 Å². The minimum absolute atomic E-state index is 0.234. The minimum atomic E-state index is -0.234. The Balaban J connectivity index is 2.43. The zero-order valence-electron chi connectivity index (χ0n) is 11.7. The number of aromatic nitrogens is 2. The van der Waals surface area contributed by atoms with E-state index in [9.17, 15) is 0 Å². The molecule has 0 aliphatic heterocycles. The summed E-state index contributed by atoms with van der Waals surface area (Å²) in [5.41, 5.74) is 10.8. The number of nitrogens with two attached hydrogens (primary N) is 1. The van der Waals surface area contributed by atoms with Crippen LogP contribution in [0.5, 0.6) is 0 Å². The molecule has 19 heavy (non-hydrogen) atoms. The molecule has 0 spiro atoms. The van der Waals surface area contributed by atoms with Crippen LogP contribution in [-0.4, -0.2) is 9.78 Å². The summed E-state index contributed by atoms with van der Waals surface area (Å²) in [5.74, 6) is 0. The van der Waals surface area contributed by atoms with E-state index in [0.29, 0.717) is 5.02 Å². The van der Waals surface area contributed by atoms with Gasteiger partial charge in [-0.2, -0.15) is 5.10 Å². The Morgan fingerprint density at radius 2 is 2.11 bits per heavy atom. The Labute approximate surface area is 119 Å². The maximum atomic E-state index is 6.40. The molecule has 2 N–H and O–H groups in total. The fourth-order valence-corrected chi connectivity index (χ4v) is 2.65. The summed E-state index contributed by atoms with van der Waals surface area (Å²) >= 11 is 6.25. The molecule has 3 nitrogen and oxygen atoms in total. The van der Waals surface area contributed by atoms with Crippen molar-refractivity contribution in [3.05, 3.63) is 51.8 Å². The van der Waals surface area contributed by atoms with E-state index in [1.807, 2.05) is 4.68 Å². The number of hydrogen-bond donors (Lipinski definition) is 1. The summed E-state index contributed by atoms with van der Waals surface area (Å²) < 4.78 is 1.91. The van der Waals surface area contributed by atoms with Crippen LogP contribution in [0.3, 0.4) is 0 Å². The van der Waals surface area contributed by atoms with Crippen LogP contribution in [0, 0.1) is 13.8 Å². The Hall–Kier alpha value is -1.32. The largest absolute Gasteiger partial charge is 0.319 e. The molecule has 1 aromatic heterocycles. The predicted molar refractivity (Wildman–Crippen MR) is 79.5 cm³/mol. The highest BCUT2D eigenvalue weighted by atomic mass is 35.5. The average Bonchev–Trinajstić information content (AvgIpc) is 2.70. The second-order valence-corrected chi connectivity index (χ2v) is 5.35. The number of hydrogen-bond acceptors (Lipinski definition) is 2. The number of halogens is 1. The summed E-state index contributed by atoms with van der Waals surface area (Å²) in [7, 11) is 0. The summed E-state index contributed by atoms with van der Waals surface area (Å²) in [6, 6.07) is 6.07. The van der Waals surface area contributed by atoms with Crippen molar-refractivity contribution in [1.29, 1.82) is 0 Å². The van der Waals surface area contributed by atoms with Gasteiger partial charge in [0.2, 0.25) is 0 Å². The van der Waals surface area contributed by atoms with Gasteiger partial charge in [-0.25, -0.2) is 0 Å². The Morgan fingerprint density at radius 1 is 1.37 bits per heavy atom. The zero-order valence-corrected chi connectivity index (χ0v) is 12.4. The molecule has 1 heterocycles. The third-order valence-electron chi connectivity index (χ3n) is 3.32. The van der Waals surface area contributed by atoms with Crippen molar-refractivity contribution in [2.45, 2.75) is 39.8 Å². The Kier molecular flexibility index (Phi) is 4.27.